The number of nitrogens with zero attached hydrogens (tertiary/aromatic N) is 2. The molecule has 0 bridgehead atoms. The lowest BCUT2D eigenvalue weighted by molar-refractivity contribution is 0.0746. The third-order valence-electron chi connectivity index (χ3n) is 5.84. The molecule has 4 rings (SSSR count). The van der Waals surface area contributed by atoms with E-state index in [4.69, 9.17) is 32.7 Å². The predicted molar refractivity (Wildman–Crippen MR) is 139 cm³/mol. The molecule has 1 N–H and O–H groups in total. The van der Waals surface area contributed by atoms with E-state index in [9.17, 15) is 9.59 Å². The number of halogens is 2. The maximum absolute atomic E-state index is 13.0. The zero-order chi connectivity index (χ0) is 24.9. The third kappa shape index (κ3) is 5.81. The second-order valence-electron chi connectivity index (χ2n) is 8.01. The molecular formula is C26H25Cl2N3O4. The first kappa shape index (κ1) is 24.7. The maximum atomic E-state index is 13.0. The van der Waals surface area contributed by atoms with Gasteiger partial charge in [-0.2, -0.15) is 0 Å². The monoisotopic (exact) mass is 513 g/mol. The molecule has 0 aliphatic carbocycles. The van der Waals surface area contributed by atoms with E-state index in [2.05, 4.69) is 10.2 Å². The zero-order valence-electron chi connectivity index (χ0n) is 19.4. The molecule has 1 fully saturated rings. The van der Waals surface area contributed by atoms with Crippen LogP contribution in [0.25, 0.3) is 0 Å². The maximum Gasteiger partial charge on any atom is 0.255 e. The van der Waals surface area contributed by atoms with Gasteiger partial charge in [-0.25, -0.2) is 0 Å². The van der Waals surface area contributed by atoms with Crippen LogP contribution < -0.4 is 19.7 Å². The second kappa shape index (κ2) is 10.9. The van der Waals surface area contributed by atoms with Crippen molar-refractivity contribution in [2.24, 2.45) is 0 Å². The summed E-state index contributed by atoms with van der Waals surface area (Å²) in [5.74, 6) is 0.843. The molecular weight excluding hydrogens is 489 g/mol. The zero-order valence-corrected chi connectivity index (χ0v) is 20.9. The van der Waals surface area contributed by atoms with Crippen molar-refractivity contribution < 1.29 is 19.1 Å². The van der Waals surface area contributed by atoms with E-state index in [1.807, 2.05) is 29.2 Å². The molecule has 7 nitrogen and oxygen atoms in total. The summed E-state index contributed by atoms with van der Waals surface area (Å²) in [6.45, 7) is 2.58. The van der Waals surface area contributed by atoms with Gasteiger partial charge in [0.15, 0.2) is 0 Å². The Balaban J connectivity index is 1.35. The highest BCUT2D eigenvalue weighted by atomic mass is 35.5. The smallest absolute Gasteiger partial charge is 0.255 e. The molecule has 1 aliphatic rings. The number of carbonyl (C=O) groups is 2. The molecule has 3 aromatic carbocycles. The Kier molecular flexibility index (Phi) is 7.68. The van der Waals surface area contributed by atoms with Crippen molar-refractivity contribution in [2.75, 3.05) is 50.6 Å². The molecule has 1 saturated heterocycles. The molecule has 1 aliphatic heterocycles. The summed E-state index contributed by atoms with van der Waals surface area (Å²) in [5.41, 5.74) is 2.66. The van der Waals surface area contributed by atoms with E-state index in [1.165, 1.54) is 6.07 Å². The highest BCUT2D eigenvalue weighted by Crippen LogP contribution is 2.26. The van der Waals surface area contributed by atoms with Gasteiger partial charge >= 0.3 is 0 Å². The number of carbonyl (C=O) groups excluding carboxylic acids is 2. The quantitative estimate of drug-likeness (QED) is 0.488. The first-order valence-electron chi connectivity index (χ1n) is 11.0. The number of benzene rings is 3. The molecule has 0 aromatic heterocycles. The lowest BCUT2D eigenvalue weighted by atomic mass is 10.1. The third-order valence-corrected chi connectivity index (χ3v) is 6.58. The number of rotatable bonds is 6. The van der Waals surface area contributed by atoms with Crippen LogP contribution >= 0.6 is 23.2 Å². The van der Waals surface area contributed by atoms with Crippen molar-refractivity contribution in [3.8, 4) is 11.5 Å². The van der Waals surface area contributed by atoms with Crippen molar-refractivity contribution in [1.82, 2.24) is 4.90 Å². The van der Waals surface area contributed by atoms with Crippen molar-refractivity contribution in [3.63, 3.8) is 0 Å². The number of nitrogens with one attached hydrogen (secondary N) is 1. The molecule has 0 radical (unpaired) electrons. The molecule has 182 valence electrons. The molecule has 1 heterocycles. The van der Waals surface area contributed by atoms with Crippen LogP contribution in [0.2, 0.25) is 10.0 Å². The Hall–Kier alpha value is -3.42. The molecule has 3 aromatic rings. The van der Waals surface area contributed by atoms with Crippen LogP contribution in [-0.2, 0) is 0 Å². The normalized spacial score (nSPS) is 13.4. The van der Waals surface area contributed by atoms with E-state index in [0.29, 0.717) is 64.5 Å². The second-order valence-corrected chi connectivity index (χ2v) is 8.82. The van der Waals surface area contributed by atoms with Gasteiger partial charge < -0.3 is 24.6 Å². The SMILES string of the molecule is COc1cc(OC)cc(C(=O)N2CCN(c3ccc(NC(=O)c4ccc(Cl)c(Cl)c4)cc3)CC2)c1. The summed E-state index contributed by atoms with van der Waals surface area (Å²) in [6, 6.07) is 17.6. The lowest BCUT2D eigenvalue weighted by Crippen LogP contribution is -2.48. The van der Waals surface area contributed by atoms with Crippen LogP contribution in [0.5, 0.6) is 11.5 Å². The Morgan fingerprint density at radius 2 is 1.40 bits per heavy atom. The number of anilines is 2. The van der Waals surface area contributed by atoms with Crippen molar-refractivity contribution in [3.05, 3.63) is 81.8 Å². The molecule has 9 heteroatoms. The first-order chi connectivity index (χ1) is 16.9. The Bertz CT molecular complexity index is 1200. The van der Waals surface area contributed by atoms with Gasteiger partial charge in [-0.15, -0.1) is 0 Å². The fourth-order valence-electron chi connectivity index (χ4n) is 3.88. The summed E-state index contributed by atoms with van der Waals surface area (Å²) in [6.07, 6.45) is 0. The highest BCUT2D eigenvalue weighted by molar-refractivity contribution is 6.42. The van der Waals surface area contributed by atoms with Gasteiger partial charge in [0.1, 0.15) is 11.5 Å². The van der Waals surface area contributed by atoms with E-state index in [0.717, 1.165) is 5.69 Å². The molecule has 0 saturated carbocycles. The van der Waals surface area contributed by atoms with Crippen LogP contribution in [0.3, 0.4) is 0 Å². The van der Waals surface area contributed by atoms with Crippen LogP contribution in [0.1, 0.15) is 20.7 Å². The fraction of sp³-hybridized carbons (Fsp3) is 0.231. The molecule has 0 unspecified atom stereocenters. The molecule has 35 heavy (non-hydrogen) atoms. The number of methoxy groups -OCH3 is 2. The minimum atomic E-state index is -0.266. The Morgan fingerprint density at radius 3 is 1.97 bits per heavy atom. The van der Waals surface area contributed by atoms with Crippen molar-refractivity contribution in [1.29, 1.82) is 0 Å². The van der Waals surface area contributed by atoms with Gasteiger partial charge in [0.05, 0.1) is 24.3 Å². The van der Waals surface area contributed by atoms with Gasteiger partial charge in [-0.05, 0) is 54.6 Å². The van der Waals surface area contributed by atoms with Gasteiger partial charge in [0.2, 0.25) is 0 Å². The highest BCUT2D eigenvalue weighted by Gasteiger charge is 2.23. The average molecular weight is 514 g/mol. The number of hydrogen-bond acceptors (Lipinski definition) is 5. The minimum absolute atomic E-state index is 0.0535. The topological polar surface area (TPSA) is 71.1 Å². The van der Waals surface area contributed by atoms with Crippen LogP contribution in [0, 0.1) is 0 Å². The summed E-state index contributed by atoms with van der Waals surface area (Å²) < 4.78 is 10.6. The van der Waals surface area contributed by atoms with Gasteiger partial charge in [-0.3, -0.25) is 9.59 Å². The van der Waals surface area contributed by atoms with E-state index < -0.39 is 0 Å². The molecule has 0 atom stereocenters. The van der Waals surface area contributed by atoms with Crippen molar-refractivity contribution >= 4 is 46.4 Å². The largest absolute Gasteiger partial charge is 0.497 e. The lowest BCUT2D eigenvalue weighted by Gasteiger charge is -2.36. The van der Waals surface area contributed by atoms with Crippen LogP contribution in [0.15, 0.2) is 60.7 Å². The molecule has 0 spiro atoms. The van der Waals surface area contributed by atoms with Crippen LogP contribution in [-0.4, -0.2) is 57.1 Å². The number of hydrogen-bond donors (Lipinski definition) is 1. The Morgan fingerprint density at radius 1 is 0.771 bits per heavy atom. The van der Waals surface area contributed by atoms with Gasteiger partial charge in [-0.1, -0.05) is 23.2 Å². The van der Waals surface area contributed by atoms with Crippen LogP contribution in [0.4, 0.5) is 11.4 Å². The average Bonchev–Trinajstić information content (AvgIpc) is 2.90. The van der Waals surface area contributed by atoms with E-state index >= 15 is 0 Å². The van der Waals surface area contributed by atoms with Crippen molar-refractivity contribution in [2.45, 2.75) is 0 Å². The molecule has 2 amide bonds. The minimum Gasteiger partial charge on any atom is -0.497 e. The standard InChI is InChI=1S/C26H25Cl2N3O4/c1-34-21-13-18(14-22(16-21)35-2)26(33)31-11-9-30(10-12-31)20-6-4-19(5-7-20)29-25(32)17-3-8-23(27)24(28)15-17/h3-8,13-16H,9-12H2,1-2H3,(H,29,32). The summed E-state index contributed by atoms with van der Waals surface area (Å²) in [7, 11) is 3.12. The first-order valence-corrected chi connectivity index (χ1v) is 11.8. The fourth-order valence-corrected chi connectivity index (χ4v) is 4.18. The van der Waals surface area contributed by atoms with Gasteiger partial charge in [0.25, 0.3) is 11.8 Å². The number of amides is 2. The van der Waals surface area contributed by atoms with E-state index in [1.54, 1.807) is 44.6 Å². The summed E-state index contributed by atoms with van der Waals surface area (Å²) in [4.78, 5) is 29.5. The number of piperazine rings is 1. The van der Waals surface area contributed by atoms with Gasteiger partial charge in [0, 0.05) is 54.7 Å². The van der Waals surface area contributed by atoms with E-state index in [-0.39, 0.29) is 11.8 Å². The number of ether oxygens (including phenoxy) is 2. The summed E-state index contributed by atoms with van der Waals surface area (Å²) in [5, 5.41) is 3.59. The Labute approximate surface area is 214 Å². The summed E-state index contributed by atoms with van der Waals surface area (Å²) >= 11 is 11.9. The predicted octanol–water partition coefficient (Wildman–Crippen LogP) is 5.23.